The fourth-order valence-corrected chi connectivity index (χ4v) is 2.45. The first-order valence-electron chi connectivity index (χ1n) is 6.63. The lowest BCUT2D eigenvalue weighted by Gasteiger charge is -2.24. The second-order valence-corrected chi connectivity index (χ2v) is 4.94. The van der Waals surface area contributed by atoms with Crippen molar-refractivity contribution in [3.63, 3.8) is 0 Å². The van der Waals surface area contributed by atoms with Gasteiger partial charge >= 0.3 is 5.97 Å². The van der Waals surface area contributed by atoms with E-state index in [0.29, 0.717) is 32.6 Å². The van der Waals surface area contributed by atoms with Crippen LogP contribution in [0.3, 0.4) is 0 Å². The van der Waals surface area contributed by atoms with Crippen molar-refractivity contribution < 1.29 is 23.5 Å². The minimum Gasteiger partial charge on any atom is -0.478 e. The number of carbonyl (C=O) groups is 2. The summed E-state index contributed by atoms with van der Waals surface area (Å²) in [7, 11) is 0. The molecule has 1 N–H and O–H groups in total. The SMILES string of the molecule is CC(=O)N1CCCN(c2c(F)cc(C(=O)O)cc2F)CC1. The highest BCUT2D eigenvalue weighted by atomic mass is 19.1. The number of anilines is 1. The molecule has 0 atom stereocenters. The molecule has 1 heterocycles. The molecule has 1 fully saturated rings. The van der Waals surface area contributed by atoms with Gasteiger partial charge in [0, 0.05) is 33.1 Å². The van der Waals surface area contributed by atoms with Crippen LogP contribution in [-0.2, 0) is 4.79 Å². The lowest BCUT2D eigenvalue weighted by molar-refractivity contribution is -0.128. The summed E-state index contributed by atoms with van der Waals surface area (Å²) in [5.41, 5.74) is -0.653. The third-order valence-corrected chi connectivity index (χ3v) is 3.52. The number of rotatable bonds is 2. The number of benzene rings is 1. The van der Waals surface area contributed by atoms with Crippen molar-refractivity contribution in [2.24, 2.45) is 0 Å². The van der Waals surface area contributed by atoms with Gasteiger partial charge in [-0.15, -0.1) is 0 Å². The summed E-state index contributed by atoms with van der Waals surface area (Å²) in [6.45, 7) is 3.10. The highest BCUT2D eigenvalue weighted by Gasteiger charge is 2.23. The summed E-state index contributed by atoms with van der Waals surface area (Å²) in [5.74, 6) is -3.25. The Morgan fingerprint density at radius 1 is 1.10 bits per heavy atom. The van der Waals surface area contributed by atoms with Gasteiger partial charge in [-0.2, -0.15) is 0 Å². The van der Waals surface area contributed by atoms with Crippen LogP contribution in [0.4, 0.5) is 14.5 Å². The summed E-state index contributed by atoms with van der Waals surface area (Å²) in [6, 6.07) is 1.63. The van der Waals surface area contributed by atoms with Crippen LogP contribution in [-0.4, -0.2) is 48.1 Å². The van der Waals surface area contributed by atoms with E-state index in [4.69, 9.17) is 5.11 Å². The zero-order chi connectivity index (χ0) is 15.6. The topological polar surface area (TPSA) is 60.9 Å². The molecule has 0 saturated carbocycles. The second-order valence-electron chi connectivity index (χ2n) is 4.94. The predicted octanol–water partition coefficient (Wildman–Crippen LogP) is 1.72. The van der Waals surface area contributed by atoms with Crippen LogP contribution < -0.4 is 4.90 Å². The number of nitrogens with zero attached hydrogens (tertiary/aromatic N) is 2. The lowest BCUT2D eigenvalue weighted by Crippen LogP contribution is -2.34. The van der Waals surface area contributed by atoms with Crippen LogP contribution in [0.15, 0.2) is 12.1 Å². The largest absolute Gasteiger partial charge is 0.478 e. The summed E-state index contributed by atoms with van der Waals surface area (Å²) in [5, 5.41) is 8.78. The van der Waals surface area contributed by atoms with Crippen molar-refractivity contribution in [2.45, 2.75) is 13.3 Å². The average molecular weight is 298 g/mol. The van der Waals surface area contributed by atoms with Crippen LogP contribution in [0.2, 0.25) is 0 Å². The fraction of sp³-hybridized carbons (Fsp3) is 0.429. The van der Waals surface area contributed by atoms with Crippen molar-refractivity contribution in [3.8, 4) is 0 Å². The Kier molecular flexibility index (Phi) is 4.40. The molecule has 0 radical (unpaired) electrons. The van der Waals surface area contributed by atoms with Gasteiger partial charge in [0.25, 0.3) is 0 Å². The molecule has 0 unspecified atom stereocenters. The highest BCUT2D eigenvalue weighted by molar-refractivity contribution is 5.88. The van der Waals surface area contributed by atoms with Gasteiger partial charge in [0.05, 0.1) is 5.56 Å². The van der Waals surface area contributed by atoms with Crippen LogP contribution >= 0.6 is 0 Å². The van der Waals surface area contributed by atoms with Gasteiger partial charge in [0.15, 0.2) is 0 Å². The Bertz CT molecular complexity index is 554. The molecule has 2 rings (SSSR count). The maximum atomic E-state index is 14.0. The Hall–Kier alpha value is -2.18. The number of hydrogen-bond donors (Lipinski definition) is 1. The molecule has 1 aromatic carbocycles. The van der Waals surface area contributed by atoms with E-state index in [1.165, 1.54) is 11.8 Å². The Labute approximate surface area is 120 Å². The fourth-order valence-electron chi connectivity index (χ4n) is 2.45. The van der Waals surface area contributed by atoms with Crippen molar-refractivity contribution in [1.29, 1.82) is 0 Å². The molecule has 0 aliphatic carbocycles. The first-order chi connectivity index (χ1) is 9.90. The molecule has 1 saturated heterocycles. The zero-order valence-electron chi connectivity index (χ0n) is 11.6. The van der Waals surface area contributed by atoms with Crippen LogP contribution in [0.25, 0.3) is 0 Å². The van der Waals surface area contributed by atoms with Crippen molar-refractivity contribution in [3.05, 3.63) is 29.3 Å². The van der Waals surface area contributed by atoms with E-state index in [0.717, 1.165) is 12.1 Å². The number of amides is 1. The first-order valence-corrected chi connectivity index (χ1v) is 6.63. The van der Waals surface area contributed by atoms with Gasteiger partial charge in [-0.05, 0) is 18.6 Å². The maximum Gasteiger partial charge on any atom is 0.335 e. The minimum absolute atomic E-state index is 0.0704. The van der Waals surface area contributed by atoms with Gasteiger partial charge in [0.1, 0.15) is 17.3 Å². The average Bonchev–Trinajstić information content (AvgIpc) is 2.63. The summed E-state index contributed by atoms with van der Waals surface area (Å²) >= 11 is 0. The summed E-state index contributed by atoms with van der Waals surface area (Å²) in [6.07, 6.45) is 0.596. The van der Waals surface area contributed by atoms with Crippen molar-refractivity contribution >= 4 is 17.6 Å². The predicted molar refractivity (Wildman–Crippen MR) is 72.4 cm³/mol. The molecule has 1 aromatic rings. The molecular formula is C14H16F2N2O3. The smallest absolute Gasteiger partial charge is 0.335 e. The molecule has 1 aliphatic heterocycles. The molecule has 5 nitrogen and oxygen atoms in total. The van der Waals surface area contributed by atoms with E-state index in [-0.39, 0.29) is 11.6 Å². The number of carbonyl (C=O) groups excluding carboxylic acids is 1. The van der Waals surface area contributed by atoms with E-state index >= 15 is 0 Å². The van der Waals surface area contributed by atoms with Crippen LogP contribution in [0.1, 0.15) is 23.7 Å². The Morgan fingerprint density at radius 3 is 2.24 bits per heavy atom. The Morgan fingerprint density at radius 2 is 1.71 bits per heavy atom. The number of carboxylic acid groups (broad SMARTS) is 1. The van der Waals surface area contributed by atoms with Gasteiger partial charge in [0.2, 0.25) is 5.91 Å². The molecule has 114 valence electrons. The minimum atomic E-state index is -1.38. The normalized spacial score (nSPS) is 15.8. The molecule has 0 aromatic heterocycles. The van der Waals surface area contributed by atoms with Gasteiger partial charge in [-0.3, -0.25) is 4.79 Å². The Balaban J connectivity index is 2.26. The standard InChI is InChI=1S/C14H16F2N2O3/c1-9(19)17-3-2-4-18(6-5-17)13-11(15)7-10(14(20)21)8-12(13)16/h7-8H,2-6H2,1H3,(H,20,21). The van der Waals surface area contributed by atoms with Gasteiger partial charge in [-0.1, -0.05) is 0 Å². The van der Waals surface area contributed by atoms with E-state index in [9.17, 15) is 18.4 Å². The quantitative estimate of drug-likeness (QED) is 0.903. The number of hydrogen-bond acceptors (Lipinski definition) is 3. The molecule has 0 bridgehead atoms. The van der Waals surface area contributed by atoms with E-state index < -0.39 is 23.2 Å². The third-order valence-electron chi connectivity index (χ3n) is 3.52. The highest BCUT2D eigenvalue weighted by Crippen LogP contribution is 2.26. The maximum absolute atomic E-state index is 14.0. The lowest BCUT2D eigenvalue weighted by atomic mass is 10.1. The third kappa shape index (κ3) is 3.29. The number of halogens is 2. The number of aromatic carboxylic acids is 1. The first kappa shape index (κ1) is 15.2. The van der Waals surface area contributed by atoms with Gasteiger partial charge in [-0.25, -0.2) is 13.6 Å². The van der Waals surface area contributed by atoms with E-state index in [1.807, 2.05) is 0 Å². The second kappa shape index (κ2) is 6.07. The van der Waals surface area contributed by atoms with Crippen LogP contribution in [0.5, 0.6) is 0 Å². The number of carboxylic acids is 1. The molecule has 1 aliphatic rings. The van der Waals surface area contributed by atoms with Crippen molar-refractivity contribution in [2.75, 3.05) is 31.1 Å². The molecule has 1 amide bonds. The van der Waals surface area contributed by atoms with Crippen LogP contribution in [0, 0.1) is 11.6 Å². The van der Waals surface area contributed by atoms with Crippen molar-refractivity contribution in [1.82, 2.24) is 4.90 Å². The summed E-state index contributed by atoms with van der Waals surface area (Å²) < 4.78 is 28.0. The molecule has 7 heteroatoms. The summed E-state index contributed by atoms with van der Waals surface area (Å²) in [4.78, 5) is 25.3. The van der Waals surface area contributed by atoms with E-state index in [1.54, 1.807) is 4.90 Å². The van der Waals surface area contributed by atoms with Gasteiger partial charge < -0.3 is 14.9 Å². The molecule has 0 spiro atoms. The van der Waals surface area contributed by atoms with E-state index in [2.05, 4.69) is 0 Å². The monoisotopic (exact) mass is 298 g/mol. The molecular weight excluding hydrogens is 282 g/mol. The molecule has 21 heavy (non-hydrogen) atoms. The zero-order valence-corrected chi connectivity index (χ0v) is 11.6.